The fourth-order valence-electron chi connectivity index (χ4n) is 2.53. The molecule has 0 fully saturated rings. The lowest BCUT2D eigenvalue weighted by Crippen LogP contribution is -2.09. The molecule has 0 spiro atoms. The summed E-state index contributed by atoms with van der Waals surface area (Å²) in [6.07, 6.45) is 4.55. The molecule has 1 atom stereocenters. The zero-order chi connectivity index (χ0) is 15.0. The predicted molar refractivity (Wildman–Crippen MR) is 83.4 cm³/mol. The number of fused-ring (bicyclic) bond motifs is 1. The van der Waals surface area contributed by atoms with Gasteiger partial charge in [0.15, 0.2) is 5.65 Å². The number of aryl methyl sites for hydroxylation is 4. The van der Waals surface area contributed by atoms with Gasteiger partial charge in [-0.05, 0) is 31.5 Å². The van der Waals surface area contributed by atoms with Gasteiger partial charge >= 0.3 is 0 Å². The molecule has 0 aliphatic carbocycles. The van der Waals surface area contributed by atoms with Crippen molar-refractivity contribution in [2.24, 2.45) is 7.05 Å². The monoisotopic (exact) mass is 303 g/mol. The van der Waals surface area contributed by atoms with Gasteiger partial charge in [-0.1, -0.05) is 0 Å². The SMILES string of the molecule is Cc1cnc2c(c1)nc(C(C)Cl)n2CCc1ccnn1C. The van der Waals surface area contributed by atoms with Crippen LogP contribution in [0.4, 0.5) is 0 Å². The van der Waals surface area contributed by atoms with E-state index in [1.165, 1.54) is 5.69 Å². The van der Waals surface area contributed by atoms with E-state index in [-0.39, 0.29) is 5.38 Å². The Bertz CT molecular complexity index is 772. The third-order valence-corrected chi connectivity index (χ3v) is 3.82. The number of hydrogen-bond donors (Lipinski definition) is 0. The number of rotatable bonds is 4. The number of hydrogen-bond acceptors (Lipinski definition) is 3. The van der Waals surface area contributed by atoms with E-state index in [0.29, 0.717) is 0 Å². The number of halogens is 1. The molecule has 0 aliphatic rings. The molecule has 0 aliphatic heterocycles. The van der Waals surface area contributed by atoms with Crippen LogP contribution in [-0.2, 0) is 20.0 Å². The highest BCUT2D eigenvalue weighted by molar-refractivity contribution is 6.20. The molecule has 0 N–H and O–H groups in total. The van der Waals surface area contributed by atoms with E-state index in [9.17, 15) is 0 Å². The van der Waals surface area contributed by atoms with Gasteiger partial charge in [0.05, 0.1) is 5.38 Å². The summed E-state index contributed by atoms with van der Waals surface area (Å²) < 4.78 is 4.00. The van der Waals surface area contributed by atoms with Crippen LogP contribution in [0.5, 0.6) is 0 Å². The Morgan fingerprint density at radius 2 is 2.19 bits per heavy atom. The predicted octanol–water partition coefficient (Wildman–Crippen LogP) is 3.02. The minimum atomic E-state index is -0.147. The second-order valence-corrected chi connectivity index (χ2v) is 5.94. The molecule has 0 saturated carbocycles. The second-order valence-electron chi connectivity index (χ2n) is 5.29. The summed E-state index contributed by atoms with van der Waals surface area (Å²) in [5.41, 5.74) is 4.08. The van der Waals surface area contributed by atoms with Gasteiger partial charge in [0.1, 0.15) is 11.3 Å². The lowest BCUT2D eigenvalue weighted by molar-refractivity contribution is 0.621. The van der Waals surface area contributed by atoms with Gasteiger partial charge in [0, 0.05) is 38.1 Å². The Morgan fingerprint density at radius 1 is 1.38 bits per heavy atom. The van der Waals surface area contributed by atoms with Crippen LogP contribution in [0.2, 0.25) is 0 Å². The molecule has 0 radical (unpaired) electrons. The van der Waals surface area contributed by atoms with Gasteiger partial charge in [-0.2, -0.15) is 5.10 Å². The lowest BCUT2D eigenvalue weighted by Gasteiger charge is -2.10. The second kappa shape index (κ2) is 5.48. The van der Waals surface area contributed by atoms with Gasteiger partial charge in [0.2, 0.25) is 0 Å². The molecule has 3 aromatic rings. The van der Waals surface area contributed by atoms with Crippen LogP contribution < -0.4 is 0 Å². The Labute approximate surface area is 128 Å². The molecule has 0 saturated heterocycles. The average molecular weight is 304 g/mol. The first kappa shape index (κ1) is 14.1. The molecule has 1 unspecified atom stereocenters. The zero-order valence-corrected chi connectivity index (χ0v) is 13.2. The van der Waals surface area contributed by atoms with Crippen molar-refractivity contribution in [2.45, 2.75) is 32.2 Å². The first-order valence-electron chi connectivity index (χ1n) is 7.00. The third kappa shape index (κ3) is 2.65. The highest BCUT2D eigenvalue weighted by atomic mass is 35.5. The third-order valence-electron chi connectivity index (χ3n) is 3.62. The van der Waals surface area contributed by atoms with Crippen LogP contribution in [0.3, 0.4) is 0 Å². The van der Waals surface area contributed by atoms with Crippen LogP contribution in [0, 0.1) is 6.92 Å². The summed E-state index contributed by atoms with van der Waals surface area (Å²) in [6, 6.07) is 4.08. The minimum absolute atomic E-state index is 0.147. The molecule has 0 bridgehead atoms. The number of nitrogens with zero attached hydrogens (tertiary/aromatic N) is 5. The molecule has 5 nitrogen and oxygen atoms in total. The zero-order valence-electron chi connectivity index (χ0n) is 12.4. The Morgan fingerprint density at radius 3 is 2.86 bits per heavy atom. The minimum Gasteiger partial charge on any atom is -0.311 e. The van der Waals surface area contributed by atoms with Crippen molar-refractivity contribution in [1.82, 2.24) is 24.3 Å². The van der Waals surface area contributed by atoms with E-state index in [1.807, 2.05) is 50.1 Å². The molecule has 110 valence electrons. The number of alkyl halides is 1. The van der Waals surface area contributed by atoms with Gasteiger partial charge in [0.25, 0.3) is 0 Å². The Balaban J connectivity index is 1.99. The molecule has 0 aromatic carbocycles. The molecule has 6 heteroatoms. The van der Waals surface area contributed by atoms with E-state index in [4.69, 9.17) is 11.6 Å². The highest BCUT2D eigenvalue weighted by Crippen LogP contribution is 2.24. The maximum atomic E-state index is 6.28. The van der Waals surface area contributed by atoms with Crippen molar-refractivity contribution in [2.75, 3.05) is 0 Å². The van der Waals surface area contributed by atoms with Crippen molar-refractivity contribution >= 4 is 22.8 Å². The van der Waals surface area contributed by atoms with Crippen molar-refractivity contribution in [3.63, 3.8) is 0 Å². The summed E-state index contributed by atoms with van der Waals surface area (Å²) in [5.74, 6) is 0.868. The van der Waals surface area contributed by atoms with E-state index >= 15 is 0 Å². The maximum Gasteiger partial charge on any atom is 0.160 e. The highest BCUT2D eigenvalue weighted by Gasteiger charge is 2.16. The van der Waals surface area contributed by atoms with Crippen LogP contribution >= 0.6 is 11.6 Å². The fourth-order valence-corrected chi connectivity index (χ4v) is 2.69. The molecule has 3 heterocycles. The summed E-state index contributed by atoms with van der Waals surface area (Å²) >= 11 is 6.28. The van der Waals surface area contributed by atoms with Crippen LogP contribution in [-0.4, -0.2) is 24.3 Å². The number of aromatic nitrogens is 5. The first-order chi connectivity index (χ1) is 10.1. The fraction of sp³-hybridized carbons (Fsp3) is 0.400. The maximum absolute atomic E-state index is 6.28. The molecule has 3 aromatic heterocycles. The van der Waals surface area contributed by atoms with Gasteiger partial charge in [-0.25, -0.2) is 9.97 Å². The summed E-state index contributed by atoms with van der Waals surface area (Å²) in [7, 11) is 1.95. The topological polar surface area (TPSA) is 48.5 Å². The van der Waals surface area contributed by atoms with Crippen molar-refractivity contribution in [3.05, 3.63) is 41.6 Å². The molecule has 0 amide bonds. The molecule has 3 rings (SSSR count). The largest absolute Gasteiger partial charge is 0.311 e. The molecular formula is C15H18ClN5. The van der Waals surface area contributed by atoms with Gasteiger partial charge in [-0.15, -0.1) is 11.6 Å². The van der Waals surface area contributed by atoms with E-state index in [0.717, 1.165) is 35.5 Å². The molecule has 21 heavy (non-hydrogen) atoms. The van der Waals surface area contributed by atoms with Crippen molar-refractivity contribution < 1.29 is 0 Å². The normalized spacial score (nSPS) is 13.0. The van der Waals surface area contributed by atoms with Crippen molar-refractivity contribution in [1.29, 1.82) is 0 Å². The van der Waals surface area contributed by atoms with Gasteiger partial charge < -0.3 is 4.57 Å². The van der Waals surface area contributed by atoms with E-state index < -0.39 is 0 Å². The van der Waals surface area contributed by atoms with Crippen LogP contribution in [0.15, 0.2) is 24.5 Å². The summed E-state index contributed by atoms with van der Waals surface area (Å²) in [4.78, 5) is 9.17. The van der Waals surface area contributed by atoms with Crippen LogP contribution in [0.1, 0.15) is 29.4 Å². The standard InChI is InChI=1S/C15H18ClN5/c1-10-8-13-15(17-9-10)21(14(19-13)11(2)16)7-5-12-4-6-18-20(12)3/h4,6,8-9,11H,5,7H2,1-3H3. The first-order valence-corrected chi connectivity index (χ1v) is 7.43. The van der Waals surface area contributed by atoms with Gasteiger partial charge in [-0.3, -0.25) is 4.68 Å². The Kier molecular flexibility index (Phi) is 3.68. The number of imidazole rings is 1. The lowest BCUT2D eigenvalue weighted by atomic mass is 10.3. The number of pyridine rings is 1. The van der Waals surface area contributed by atoms with E-state index in [1.54, 1.807) is 0 Å². The van der Waals surface area contributed by atoms with Crippen molar-refractivity contribution in [3.8, 4) is 0 Å². The Hall–Kier alpha value is -1.88. The molecular weight excluding hydrogens is 286 g/mol. The van der Waals surface area contributed by atoms with Crippen LogP contribution in [0.25, 0.3) is 11.2 Å². The smallest absolute Gasteiger partial charge is 0.160 e. The van der Waals surface area contributed by atoms with E-state index in [2.05, 4.69) is 19.6 Å². The summed E-state index contributed by atoms with van der Waals surface area (Å²) in [6.45, 7) is 4.75. The summed E-state index contributed by atoms with van der Waals surface area (Å²) in [5, 5.41) is 4.05. The quantitative estimate of drug-likeness (QED) is 0.696. The average Bonchev–Trinajstić information content (AvgIpc) is 2.99.